The Hall–Kier alpha value is -3.93. The normalized spacial score (nSPS) is 12.6. The molecule has 0 fully saturated rings. The first-order valence-electron chi connectivity index (χ1n) is 9.98. The van der Waals surface area contributed by atoms with Crippen LogP contribution in [0.5, 0.6) is 5.75 Å². The molecule has 0 spiro atoms. The van der Waals surface area contributed by atoms with Crippen LogP contribution in [-0.2, 0) is 14.3 Å². The third-order valence-electron chi connectivity index (χ3n) is 5.03. The Morgan fingerprint density at radius 1 is 0.871 bits per heavy atom. The van der Waals surface area contributed by atoms with E-state index in [1.165, 1.54) is 4.90 Å². The van der Waals surface area contributed by atoms with Crippen LogP contribution in [0.3, 0.4) is 0 Å². The second-order valence-electron chi connectivity index (χ2n) is 7.08. The van der Waals surface area contributed by atoms with E-state index in [9.17, 15) is 14.4 Å². The predicted octanol–water partition coefficient (Wildman–Crippen LogP) is 3.90. The van der Waals surface area contributed by atoms with Gasteiger partial charge >= 0.3 is 5.97 Å². The van der Waals surface area contributed by atoms with E-state index >= 15 is 0 Å². The molecule has 156 valence electrons. The Bertz CT molecular complexity index is 1090. The summed E-state index contributed by atoms with van der Waals surface area (Å²) < 4.78 is 10.5. The quantitative estimate of drug-likeness (QED) is 0.432. The average molecular weight is 415 g/mol. The molecule has 0 saturated heterocycles. The van der Waals surface area contributed by atoms with Crippen LogP contribution in [0.1, 0.15) is 16.8 Å². The van der Waals surface area contributed by atoms with Crippen LogP contribution in [0.2, 0.25) is 0 Å². The number of fused-ring (bicyclic) bond motifs is 1. The summed E-state index contributed by atoms with van der Waals surface area (Å²) in [4.78, 5) is 38.1. The number of hydrogen-bond acceptors (Lipinski definition) is 5. The van der Waals surface area contributed by atoms with Crippen molar-refractivity contribution < 1.29 is 23.9 Å². The van der Waals surface area contributed by atoms with E-state index in [4.69, 9.17) is 9.47 Å². The van der Waals surface area contributed by atoms with E-state index in [0.29, 0.717) is 17.0 Å². The van der Waals surface area contributed by atoms with Gasteiger partial charge in [0.15, 0.2) is 19.0 Å². The van der Waals surface area contributed by atoms with Crippen molar-refractivity contribution in [2.75, 3.05) is 24.7 Å². The van der Waals surface area contributed by atoms with E-state index < -0.39 is 5.97 Å². The van der Waals surface area contributed by atoms with Gasteiger partial charge in [0.1, 0.15) is 5.75 Å². The lowest BCUT2D eigenvalue weighted by Gasteiger charge is -2.28. The number of hydrogen-bond donors (Lipinski definition) is 0. The molecule has 1 amide bonds. The largest absolute Gasteiger partial charge is 0.482 e. The van der Waals surface area contributed by atoms with Crippen molar-refractivity contribution >= 4 is 23.3 Å². The number of anilines is 1. The zero-order valence-electron chi connectivity index (χ0n) is 16.8. The lowest BCUT2D eigenvalue weighted by molar-refractivity contribution is -0.142. The van der Waals surface area contributed by atoms with Crippen LogP contribution < -0.4 is 9.64 Å². The van der Waals surface area contributed by atoms with Crippen molar-refractivity contribution in [1.29, 1.82) is 0 Å². The third kappa shape index (κ3) is 4.80. The summed E-state index contributed by atoms with van der Waals surface area (Å²) >= 11 is 0. The standard InChI is InChI=1S/C25H21NO5/c27-22(20-12-10-19(11-13-20)18-6-2-1-3-7-18)16-31-25(29)14-15-26-21-8-4-5-9-23(21)30-17-24(26)28/h1-13H,14-17H2. The van der Waals surface area contributed by atoms with E-state index in [0.717, 1.165) is 11.1 Å². The van der Waals surface area contributed by atoms with Crippen molar-refractivity contribution in [3.05, 3.63) is 84.4 Å². The number of nitrogens with zero attached hydrogens (tertiary/aromatic N) is 1. The van der Waals surface area contributed by atoms with Gasteiger partial charge in [0.2, 0.25) is 0 Å². The number of carbonyl (C=O) groups excluding carboxylic acids is 3. The smallest absolute Gasteiger partial charge is 0.308 e. The number of benzene rings is 3. The van der Waals surface area contributed by atoms with Crippen LogP contribution in [0.25, 0.3) is 11.1 Å². The number of Topliss-reactive ketones (excluding diaryl/α,β-unsaturated/α-hetero) is 1. The van der Waals surface area contributed by atoms with Gasteiger partial charge in [-0.15, -0.1) is 0 Å². The van der Waals surface area contributed by atoms with Crippen LogP contribution in [-0.4, -0.2) is 37.4 Å². The SMILES string of the molecule is O=C(CCN1C(=O)COc2ccccc21)OCC(=O)c1ccc(-c2ccccc2)cc1. The van der Waals surface area contributed by atoms with Crippen LogP contribution >= 0.6 is 0 Å². The molecule has 3 aromatic rings. The van der Waals surface area contributed by atoms with Crippen molar-refractivity contribution in [1.82, 2.24) is 0 Å². The first kappa shape index (κ1) is 20.3. The second-order valence-corrected chi connectivity index (χ2v) is 7.08. The summed E-state index contributed by atoms with van der Waals surface area (Å²) in [5.74, 6) is -0.433. The predicted molar refractivity (Wildman–Crippen MR) is 116 cm³/mol. The lowest BCUT2D eigenvalue weighted by Crippen LogP contribution is -2.40. The highest BCUT2D eigenvalue weighted by Gasteiger charge is 2.25. The molecule has 0 bridgehead atoms. The third-order valence-corrected chi connectivity index (χ3v) is 5.03. The molecule has 6 nitrogen and oxygen atoms in total. The van der Waals surface area contributed by atoms with Gasteiger partial charge in [-0.25, -0.2) is 0 Å². The van der Waals surface area contributed by atoms with Crippen molar-refractivity contribution in [3.63, 3.8) is 0 Å². The first-order valence-corrected chi connectivity index (χ1v) is 9.98. The molecular weight excluding hydrogens is 394 g/mol. The molecule has 6 heteroatoms. The van der Waals surface area contributed by atoms with E-state index in [1.807, 2.05) is 48.5 Å². The number of rotatable bonds is 7. The Kier molecular flexibility index (Phi) is 6.08. The molecule has 1 aliphatic rings. The highest BCUT2D eigenvalue weighted by molar-refractivity contribution is 5.99. The lowest BCUT2D eigenvalue weighted by atomic mass is 10.0. The second kappa shape index (κ2) is 9.26. The number of amides is 1. The minimum absolute atomic E-state index is 0.0136. The molecule has 0 N–H and O–H groups in total. The van der Waals surface area contributed by atoms with Gasteiger partial charge in [-0.3, -0.25) is 14.4 Å². The summed E-state index contributed by atoms with van der Waals surface area (Å²) in [6.45, 7) is -0.237. The minimum Gasteiger partial charge on any atom is -0.482 e. The molecule has 0 aromatic heterocycles. The van der Waals surface area contributed by atoms with Crippen LogP contribution in [0.15, 0.2) is 78.9 Å². The van der Waals surface area contributed by atoms with Gasteiger partial charge in [0.25, 0.3) is 5.91 Å². The summed E-state index contributed by atoms with van der Waals surface area (Å²) in [5.41, 5.74) is 3.17. The first-order chi connectivity index (χ1) is 15.1. The highest BCUT2D eigenvalue weighted by Crippen LogP contribution is 2.31. The fourth-order valence-electron chi connectivity index (χ4n) is 3.38. The number of para-hydroxylation sites is 2. The molecular formula is C25H21NO5. The van der Waals surface area contributed by atoms with Gasteiger partial charge in [0.05, 0.1) is 12.1 Å². The van der Waals surface area contributed by atoms with Gasteiger partial charge in [0, 0.05) is 12.1 Å². The molecule has 0 aliphatic carbocycles. The maximum absolute atomic E-state index is 12.4. The molecule has 0 unspecified atom stereocenters. The molecule has 1 aliphatic heterocycles. The van der Waals surface area contributed by atoms with Gasteiger partial charge < -0.3 is 14.4 Å². The summed E-state index contributed by atoms with van der Waals surface area (Å²) in [6, 6.07) is 24.2. The van der Waals surface area contributed by atoms with E-state index in [-0.39, 0.29) is 37.9 Å². The summed E-state index contributed by atoms with van der Waals surface area (Å²) in [6.07, 6.45) is -0.0136. The highest BCUT2D eigenvalue weighted by atomic mass is 16.5. The monoisotopic (exact) mass is 415 g/mol. The molecule has 0 saturated carbocycles. The molecule has 0 atom stereocenters. The van der Waals surface area contributed by atoms with Gasteiger partial charge in [-0.1, -0.05) is 66.7 Å². The minimum atomic E-state index is -0.536. The van der Waals surface area contributed by atoms with Crippen LogP contribution in [0.4, 0.5) is 5.69 Å². The van der Waals surface area contributed by atoms with Crippen molar-refractivity contribution in [2.45, 2.75) is 6.42 Å². The Balaban J connectivity index is 1.29. The average Bonchev–Trinajstić information content (AvgIpc) is 2.82. The maximum Gasteiger partial charge on any atom is 0.308 e. The van der Waals surface area contributed by atoms with E-state index in [1.54, 1.807) is 30.3 Å². The topological polar surface area (TPSA) is 72.9 Å². The molecule has 1 heterocycles. The number of ether oxygens (including phenoxy) is 2. The zero-order valence-corrected chi connectivity index (χ0v) is 16.8. The zero-order chi connectivity index (χ0) is 21.6. The van der Waals surface area contributed by atoms with E-state index in [2.05, 4.69) is 0 Å². The van der Waals surface area contributed by atoms with Gasteiger partial charge in [-0.05, 0) is 23.3 Å². The number of ketones is 1. The molecule has 3 aromatic carbocycles. The van der Waals surface area contributed by atoms with Crippen molar-refractivity contribution in [2.24, 2.45) is 0 Å². The maximum atomic E-state index is 12.4. The molecule has 0 radical (unpaired) electrons. The Morgan fingerprint density at radius 2 is 1.55 bits per heavy atom. The molecule has 31 heavy (non-hydrogen) atoms. The Morgan fingerprint density at radius 3 is 2.32 bits per heavy atom. The number of carbonyl (C=O) groups is 3. The number of esters is 1. The van der Waals surface area contributed by atoms with Crippen molar-refractivity contribution in [3.8, 4) is 16.9 Å². The van der Waals surface area contributed by atoms with Gasteiger partial charge in [-0.2, -0.15) is 0 Å². The molecule has 4 rings (SSSR count). The van der Waals surface area contributed by atoms with Crippen LogP contribution in [0, 0.1) is 0 Å². The summed E-state index contributed by atoms with van der Waals surface area (Å²) in [7, 11) is 0. The fraction of sp³-hybridized carbons (Fsp3) is 0.160. The fourth-order valence-corrected chi connectivity index (χ4v) is 3.38. The summed E-state index contributed by atoms with van der Waals surface area (Å²) in [5, 5.41) is 0. The Labute approximate surface area is 180 Å².